The van der Waals surface area contributed by atoms with E-state index in [0.717, 1.165) is 44.2 Å². The molecule has 11 nitrogen and oxygen atoms in total. The molecule has 3 N–H and O–H groups in total. The number of fused-ring (bicyclic) bond motifs is 1. The van der Waals surface area contributed by atoms with Gasteiger partial charge in [-0.3, -0.25) is 14.0 Å². The molecule has 44 heavy (non-hydrogen) atoms. The van der Waals surface area contributed by atoms with Crippen molar-refractivity contribution >= 4 is 29.0 Å². The first-order valence-electron chi connectivity index (χ1n) is 13.9. The monoisotopic (exact) mass is 611 g/mol. The van der Waals surface area contributed by atoms with Crippen molar-refractivity contribution in [2.75, 3.05) is 45.0 Å². The summed E-state index contributed by atoms with van der Waals surface area (Å²) in [5.41, 5.74) is 7.24. The van der Waals surface area contributed by atoms with Crippen molar-refractivity contribution in [2.45, 2.75) is 38.2 Å². The molecule has 1 fully saturated rings. The van der Waals surface area contributed by atoms with E-state index < -0.39 is 17.6 Å². The molecule has 0 bridgehead atoms. The van der Waals surface area contributed by atoms with Crippen molar-refractivity contribution in [2.24, 2.45) is 0 Å². The molecule has 1 aliphatic rings. The highest BCUT2D eigenvalue weighted by Gasteiger charge is 2.31. The molecular formula is C30H32F3N7O4. The molecule has 3 aromatic heterocycles. The Kier molecular flexibility index (Phi) is 8.83. The number of hydrogen-bond acceptors (Lipinski definition) is 8. The lowest BCUT2D eigenvalue weighted by Gasteiger charge is -2.32. The van der Waals surface area contributed by atoms with E-state index in [-0.39, 0.29) is 59.1 Å². The zero-order chi connectivity index (χ0) is 31.6. The van der Waals surface area contributed by atoms with Gasteiger partial charge in [-0.15, -0.1) is 0 Å². The number of hydrogen-bond donors (Lipinski definition) is 2. The van der Waals surface area contributed by atoms with Crippen LogP contribution in [-0.2, 0) is 26.8 Å². The Morgan fingerprint density at radius 2 is 1.95 bits per heavy atom. The molecule has 2 amide bonds. The summed E-state index contributed by atoms with van der Waals surface area (Å²) in [6, 6.07) is 6.03. The summed E-state index contributed by atoms with van der Waals surface area (Å²) >= 11 is 0. The van der Waals surface area contributed by atoms with E-state index in [0.29, 0.717) is 30.1 Å². The average Bonchev–Trinajstić information content (AvgIpc) is 3.40. The maximum Gasteiger partial charge on any atom is 0.270 e. The second-order valence-corrected chi connectivity index (χ2v) is 10.6. The number of methoxy groups -OCH3 is 2. The normalized spacial score (nSPS) is 15.5. The number of aromatic nitrogens is 4. The van der Waals surface area contributed by atoms with Crippen molar-refractivity contribution in [1.29, 1.82) is 0 Å². The van der Waals surface area contributed by atoms with Crippen LogP contribution < -0.4 is 11.1 Å². The minimum absolute atomic E-state index is 0.0379. The molecule has 0 radical (unpaired) electrons. The molecular weight excluding hydrogens is 579 g/mol. The fraction of sp³-hybridized carbons (Fsp3) is 0.367. The van der Waals surface area contributed by atoms with Crippen LogP contribution in [0.3, 0.4) is 0 Å². The van der Waals surface area contributed by atoms with Crippen LogP contribution in [0.2, 0.25) is 0 Å². The molecule has 1 atom stereocenters. The molecule has 1 saturated heterocycles. The van der Waals surface area contributed by atoms with Crippen LogP contribution in [0.5, 0.6) is 0 Å². The molecule has 1 aliphatic heterocycles. The Hall–Kier alpha value is -4.56. The van der Waals surface area contributed by atoms with E-state index in [9.17, 15) is 18.4 Å². The smallest absolute Gasteiger partial charge is 0.270 e. The number of anilines is 2. The van der Waals surface area contributed by atoms with E-state index in [1.807, 2.05) is 0 Å². The number of nitrogens with two attached hydrogens (primary N) is 1. The minimum Gasteiger partial charge on any atom is -0.382 e. The van der Waals surface area contributed by atoms with Crippen LogP contribution in [0.4, 0.5) is 24.8 Å². The Balaban J connectivity index is 1.52. The molecule has 4 aromatic rings. The van der Waals surface area contributed by atoms with Crippen molar-refractivity contribution in [1.82, 2.24) is 24.3 Å². The van der Waals surface area contributed by atoms with Crippen LogP contribution >= 0.6 is 0 Å². The van der Waals surface area contributed by atoms with Gasteiger partial charge in [0.2, 0.25) is 5.91 Å². The largest absolute Gasteiger partial charge is 0.382 e. The summed E-state index contributed by atoms with van der Waals surface area (Å²) in [4.78, 5) is 40.3. The fourth-order valence-electron chi connectivity index (χ4n) is 5.38. The first-order valence-corrected chi connectivity index (χ1v) is 13.9. The van der Waals surface area contributed by atoms with Gasteiger partial charge in [0, 0.05) is 63.0 Å². The number of rotatable bonds is 9. The second kappa shape index (κ2) is 12.6. The second-order valence-electron chi connectivity index (χ2n) is 10.6. The number of ether oxygens (including phenoxy) is 2. The predicted molar refractivity (Wildman–Crippen MR) is 156 cm³/mol. The number of halogens is 3. The predicted octanol–water partition coefficient (Wildman–Crippen LogP) is 4.38. The third-order valence-electron chi connectivity index (χ3n) is 7.48. The number of likely N-dealkylation sites (tertiary alicyclic amines) is 1. The first-order chi connectivity index (χ1) is 21.0. The number of nitrogen functional groups attached to an aromatic ring is 1. The Morgan fingerprint density at radius 1 is 1.16 bits per heavy atom. The van der Waals surface area contributed by atoms with Crippen molar-refractivity contribution in [3.63, 3.8) is 0 Å². The third-order valence-corrected chi connectivity index (χ3v) is 7.48. The lowest BCUT2D eigenvalue weighted by Crippen LogP contribution is -2.41. The number of alkyl halides is 2. The lowest BCUT2D eigenvalue weighted by molar-refractivity contribution is -0.136. The molecule has 14 heteroatoms. The quantitative estimate of drug-likeness (QED) is 0.285. The Morgan fingerprint density at radius 3 is 2.66 bits per heavy atom. The Bertz CT molecular complexity index is 1710. The van der Waals surface area contributed by atoms with Crippen LogP contribution in [0, 0.1) is 5.82 Å². The van der Waals surface area contributed by atoms with E-state index >= 15 is 4.39 Å². The number of amides is 2. The molecule has 0 unspecified atom stereocenters. The number of benzene rings is 1. The topological polar surface area (TPSA) is 137 Å². The van der Waals surface area contributed by atoms with Gasteiger partial charge in [-0.1, -0.05) is 0 Å². The number of imidazole rings is 1. The number of carbonyl (C=O) groups excluding carboxylic acids is 2. The standard InChI is InChI=1S/C30H32F3N7O4/c1-30(32,33)19-8-9-35-23(12-19)37-29(42)17-6-7-21(22(31)11-17)25-26-27(34)36-13-20(15-43-2)40(26)28(38-25)18-5-4-10-39(14-18)24(41)16-44-3/h6-9,11-13,18H,4-5,10,14-16H2,1-3H3,(H2,34,36)(H,35,37,42)/t18-/m1/s1. The molecule has 0 spiro atoms. The van der Waals surface area contributed by atoms with Gasteiger partial charge in [-0.2, -0.15) is 0 Å². The summed E-state index contributed by atoms with van der Waals surface area (Å²) in [7, 11) is 3.00. The van der Waals surface area contributed by atoms with Gasteiger partial charge in [0.15, 0.2) is 0 Å². The molecule has 0 aliphatic carbocycles. The number of nitrogens with zero attached hydrogens (tertiary/aromatic N) is 5. The fourth-order valence-corrected chi connectivity index (χ4v) is 5.38. The van der Waals surface area contributed by atoms with Gasteiger partial charge < -0.3 is 25.4 Å². The van der Waals surface area contributed by atoms with Gasteiger partial charge in [0.05, 0.1) is 18.5 Å². The first kappa shape index (κ1) is 30.9. The lowest BCUT2D eigenvalue weighted by atomic mass is 9.97. The number of carbonyl (C=O) groups is 2. The Labute approximate surface area is 251 Å². The minimum atomic E-state index is -3.13. The summed E-state index contributed by atoms with van der Waals surface area (Å²) in [5.74, 6) is -4.37. The zero-order valence-corrected chi connectivity index (χ0v) is 24.4. The van der Waals surface area contributed by atoms with Crippen molar-refractivity contribution in [3.05, 3.63) is 71.2 Å². The summed E-state index contributed by atoms with van der Waals surface area (Å²) in [6.07, 6.45) is 4.18. The molecule has 1 aromatic carbocycles. The van der Waals surface area contributed by atoms with Crippen LogP contribution in [0.1, 0.15) is 53.1 Å². The summed E-state index contributed by atoms with van der Waals surface area (Å²) in [6.45, 7) is 1.84. The molecule has 0 saturated carbocycles. The van der Waals surface area contributed by atoms with E-state index in [2.05, 4.69) is 15.3 Å². The van der Waals surface area contributed by atoms with Crippen LogP contribution in [0.25, 0.3) is 16.8 Å². The molecule has 232 valence electrons. The van der Waals surface area contributed by atoms with Gasteiger partial charge in [-0.25, -0.2) is 28.1 Å². The van der Waals surface area contributed by atoms with Crippen LogP contribution in [-0.4, -0.2) is 70.0 Å². The number of nitrogens with one attached hydrogen (secondary N) is 1. The third kappa shape index (κ3) is 6.21. The average molecular weight is 612 g/mol. The molecule has 5 rings (SSSR count). The van der Waals surface area contributed by atoms with E-state index in [1.165, 1.54) is 26.4 Å². The highest BCUT2D eigenvalue weighted by molar-refractivity contribution is 6.04. The highest BCUT2D eigenvalue weighted by Crippen LogP contribution is 2.36. The number of pyridine rings is 1. The van der Waals surface area contributed by atoms with E-state index in [4.69, 9.17) is 20.2 Å². The highest BCUT2D eigenvalue weighted by atomic mass is 19.3. The van der Waals surface area contributed by atoms with Gasteiger partial charge in [0.25, 0.3) is 11.8 Å². The SMILES string of the molecule is COCC(=O)N1CCC[C@@H](c2nc(-c3ccc(C(=O)Nc4cc(C(C)(F)F)ccn4)cc3F)c3c(N)ncc(COC)n23)C1. The van der Waals surface area contributed by atoms with Crippen LogP contribution in [0.15, 0.2) is 42.7 Å². The summed E-state index contributed by atoms with van der Waals surface area (Å²) in [5, 5.41) is 2.43. The maximum atomic E-state index is 15.8. The van der Waals surface area contributed by atoms with E-state index in [1.54, 1.807) is 15.5 Å². The zero-order valence-electron chi connectivity index (χ0n) is 24.4. The van der Waals surface area contributed by atoms with Crippen molar-refractivity contribution in [3.8, 4) is 11.3 Å². The summed E-state index contributed by atoms with van der Waals surface area (Å²) < 4.78 is 55.4. The van der Waals surface area contributed by atoms with Crippen molar-refractivity contribution < 1.29 is 32.2 Å². The van der Waals surface area contributed by atoms with Gasteiger partial charge >= 0.3 is 0 Å². The maximum absolute atomic E-state index is 15.8. The van der Waals surface area contributed by atoms with Gasteiger partial charge in [-0.05, 0) is 43.2 Å². The molecule has 4 heterocycles. The number of piperidine rings is 1. The van der Waals surface area contributed by atoms with Gasteiger partial charge in [0.1, 0.15) is 41.1 Å².